The number of nitrogens with two attached hydrogens (primary N) is 1. The maximum atomic E-state index is 11.1. The van der Waals surface area contributed by atoms with Crippen molar-refractivity contribution in [2.45, 2.75) is 18.3 Å². The Kier molecular flexibility index (Phi) is 3.57. The summed E-state index contributed by atoms with van der Waals surface area (Å²) < 4.78 is 0. The van der Waals surface area contributed by atoms with E-state index in [1.54, 1.807) is 12.1 Å². The number of amides is 2. The van der Waals surface area contributed by atoms with E-state index >= 15 is 0 Å². The number of urea groups is 1. The fourth-order valence-electron chi connectivity index (χ4n) is 2.48. The Morgan fingerprint density at radius 2 is 1.90 bits per heavy atom. The zero-order valence-corrected chi connectivity index (χ0v) is 10.8. The first-order valence-electron chi connectivity index (χ1n) is 6.19. The van der Waals surface area contributed by atoms with Gasteiger partial charge in [-0.05, 0) is 18.4 Å². The number of rotatable bonds is 2. The summed E-state index contributed by atoms with van der Waals surface area (Å²) >= 11 is 0. The lowest BCUT2D eigenvalue weighted by Gasteiger charge is -2.36. The smallest absolute Gasteiger partial charge is 0.314 e. The molecule has 2 rings (SSSR count). The van der Waals surface area contributed by atoms with E-state index in [9.17, 15) is 20.2 Å². The van der Waals surface area contributed by atoms with Crippen LogP contribution in [0.5, 0.6) is 0 Å². The Hall–Kier alpha value is -2.62. The Bertz CT molecular complexity index is 568. The van der Waals surface area contributed by atoms with E-state index < -0.39 is 16.4 Å². The van der Waals surface area contributed by atoms with Gasteiger partial charge in [0.25, 0.3) is 5.69 Å². The molecule has 20 heavy (non-hydrogen) atoms. The number of nitro groups is 1. The second kappa shape index (κ2) is 5.17. The van der Waals surface area contributed by atoms with Crippen LogP contribution >= 0.6 is 0 Å². The van der Waals surface area contributed by atoms with Gasteiger partial charge < -0.3 is 10.6 Å². The standard InChI is InChI=1S/C13H14N4O3/c14-9-13(5-7-16(8-6-13)12(15)18)10-1-3-11(4-2-10)17(19)20/h1-4H,5-8H2,(H2,15,18). The Labute approximate surface area is 115 Å². The van der Waals surface area contributed by atoms with Crippen molar-refractivity contribution in [3.05, 3.63) is 39.9 Å². The number of carbonyl (C=O) groups excluding carboxylic acids is 1. The first-order chi connectivity index (χ1) is 9.48. The molecule has 1 aromatic rings. The lowest BCUT2D eigenvalue weighted by Crippen LogP contribution is -2.46. The van der Waals surface area contributed by atoms with Crippen molar-refractivity contribution in [1.29, 1.82) is 5.26 Å². The molecular formula is C13H14N4O3. The van der Waals surface area contributed by atoms with Crippen LogP contribution in [0.15, 0.2) is 24.3 Å². The molecule has 0 aliphatic carbocycles. The van der Waals surface area contributed by atoms with E-state index in [0.717, 1.165) is 5.56 Å². The second-order valence-electron chi connectivity index (χ2n) is 4.82. The second-order valence-corrected chi connectivity index (χ2v) is 4.82. The molecule has 7 heteroatoms. The molecule has 1 heterocycles. The maximum Gasteiger partial charge on any atom is 0.314 e. The highest BCUT2D eigenvalue weighted by Gasteiger charge is 2.37. The Morgan fingerprint density at radius 3 is 2.30 bits per heavy atom. The summed E-state index contributed by atoms with van der Waals surface area (Å²) in [6, 6.07) is 7.83. The van der Waals surface area contributed by atoms with Crippen molar-refractivity contribution in [2.75, 3.05) is 13.1 Å². The molecule has 0 unspecified atom stereocenters. The highest BCUT2D eigenvalue weighted by Crippen LogP contribution is 2.35. The highest BCUT2D eigenvalue weighted by atomic mass is 16.6. The number of nitro benzene ring substituents is 1. The number of piperidine rings is 1. The minimum atomic E-state index is -0.707. The molecule has 0 atom stereocenters. The summed E-state index contributed by atoms with van der Waals surface area (Å²) in [6.07, 6.45) is 0.953. The topological polar surface area (TPSA) is 113 Å². The molecule has 0 saturated carbocycles. The monoisotopic (exact) mass is 274 g/mol. The summed E-state index contributed by atoms with van der Waals surface area (Å²) in [6.45, 7) is 0.833. The molecule has 1 saturated heterocycles. The van der Waals surface area contributed by atoms with E-state index in [0.29, 0.717) is 25.9 Å². The zero-order chi connectivity index (χ0) is 14.8. The fraction of sp³-hybridized carbons (Fsp3) is 0.385. The highest BCUT2D eigenvalue weighted by molar-refractivity contribution is 5.72. The Balaban J connectivity index is 2.23. The van der Waals surface area contributed by atoms with E-state index in [1.807, 2.05) is 0 Å². The number of primary amides is 1. The van der Waals surface area contributed by atoms with E-state index in [-0.39, 0.29) is 5.69 Å². The molecule has 2 amide bonds. The van der Waals surface area contributed by atoms with Crippen LogP contribution in [-0.2, 0) is 5.41 Å². The zero-order valence-electron chi connectivity index (χ0n) is 10.8. The van der Waals surface area contributed by atoms with Crippen LogP contribution < -0.4 is 5.73 Å². The number of non-ortho nitro benzene ring substituents is 1. The number of nitrogens with zero attached hydrogens (tertiary/aromatic N) is 3. The van der Waals surface area contributed by atoms with Gasteiger partial charge in [-0.3, -0.25) is 10.1 Å². The molecule has 0 bridgehead atoms. The van der Waals surface area contributed by atoms with Crippen LogP contribution in [-0.4, -0.2) is 28.9 Å². The van der Waals surface area contributed by atoms with Crippen LogP contribution in [0.2, 0.25) is 0 Å². The van der Waals surface area contributed by atoms with Crippen molar-refractivity contribution in [2.24, 2.45) is 5.73 Å². The van der Waals surface area contributed by atoms with Crippen LogP contribution in [0.4, 0.5) is 10.5 Å². The average Bonchev–Trinajstić information content (AvgIpc) is 2.47. The van der Waals surface area contributed by atoms with Crippen LogP contribution in [0.1, 0.15) is 18.4 Å². The third-order valence-electron chi connectivity index (χ3n) is 3.77. The van der Waals surface area contributed by atoms with Gasteiger partial charge in [0.05, 0.1) is 16.4 Å². The minimum Gasteiger partial charge on any atom is -0.351 e. The number of hydrogen-bond donors (Lipinski definition) is 1. The van der Waals surface area contributed by atoms with Gasteiger partial charge in [-0.15, -0.1) is 0 Å². The van der Waals surface area contributed by atoms with Crippen LogP contribution in [0, 0.1) is 21.4 Å². The van der Waals surface area contributed by atoms with Crippen molar-refractivity contribution in [3.63, 3.8) is 0 Å². The molecule has 1 aliphatic rings. The molecule has 1 aliphatic heterocycles. The van der Waals surface area contributed by atoms with E-state index in [4.69, 9.17) is 5.73 Å². The third kappa shape index (κ3) is 2.40. The predicted octanol–water partition coefficient (Wildman–Crippen LogP) is 1.53. The first kappa shape index (κ1) is 13.8. The van der Waals surface area contributed by atoms with Gasteiger partial charge in [0.2, 0.25) is 0 Å². The maximum absolute atomic E-state index is 11.1. The number of benzene rings is 1. The Morgan fingerprint density at radius 1 is 1.35 bits per heavy atom. The molecule has 0 aromatic heterocycles. The number of likely N-dealkylation sites (tertiary alicyclic amines) is 1. The van der Waals surface area contributed by atoms with Crippen LogP contribution in [0.3, 0.4) is 0 Å². The summed E-state index contributed by atoms with van der Waals surface area (Å²) in [7, 11) is 0. The van der Waals surface area contributed by atoms with Crippen molar-refractivity contribution in [3.8, 4) is 6.07 Å². The first-order valence-corrected chi connectivity index (χ1v) is 6.19. The van der Waals surface area contributed by atoms with E-state index in [2.05, 4.69) is 6.07 Å². The lowest BCUT2D eigenvalue weighted by atomic mass is 9.74. The summed E-state index contributed by atoms with van der Waals surface area (Å²) in [4.78, 5) is 22.8. The van der Waals surface area contributed by atoms with Crippen molar-refractivity contribution in [1.82, 2.24) is 4.90 Å². The van der Waals surface area contributed by atoms with Gasteiger partial charge in [-0.1, -0.05) is 12.1 Å². The molecule has 104 valence electrons. The van der Waals surface area contributed by atoms with Gasteiger partial charge in [0.1, 0.15) is 0 Å². The SMILES string of the molecule is N#CC1(c2ccc([N+](=O)[O-])cc2)CCN(C(N)=O)CC1. The number of carbonyl (C=O) groups is 1. The minimum absolute atomic E-state index is 0.00332. The molecule has 1 aromatic carbocycles. The summed E-state index contributed by atoms with van der Waals surface area (Å²) in [5.41, 5.74) is 5.25. The molecule has 2 N–H and O–H groups in total. The molecule has 7 nitrogen and oxygen atoms in total. The molecule has 0 spiro atoms. The van der Waals surface area contributed by atoms with Gasteiger partial charge in [-0.25, -0.2) is 4.79 Å². The van der Waals surface area contributed by atoms with Crippen LogP contribution in [0.25, 0.3) is 0 Å². The quantitative estimate of drug-likeness (QED) is 0.650. The molecule has 0 radical (unpaired) electrons. The van der Waals surface area contributed by atoms with Gasteiger partial charge in [0, 0.05) is 25.2 Å². The van der Waals surface area contributed by atoms with Gasteiger partial charge in [0.15, 0.2) is 0 Å². The lowest BCUT2D eigenvalue weighted by molar-refractivity contribution is -0.384. The molecular weight excluding hydrogens is 260 g/mol. The largest absolute Gasteiger partial charge is 0.351 e. The van der Waals surface area contributed by atoms with Crippen molar-refractivity contribution < 1.29 is 9.72 Å². The normalized spacial score (nSPS) is 17.2. The third-order valence-corrected chi connectivity index (χ3v) is 3.77. The summed E-state index contributed by atoms with van der Waals surface area (Å²) in [5, 5.41) is 20.1. The molecule has 1 fully saturated rings. The predicted molar refractivity (Wildman–Crippen MR) is 70.8 cm³/mol. The number of hydrogen-bond acceptors (Lipinski definition) is 4. The average molecular weight is 274 g/mol. The number of nitriles is 1. The van der Waals surface area contributed by atoms with E-state index in [1.165, 1.54) is 17.0 Å². The van der Waals surface area contributed by atoms with Crippen molar-refractivity contribution >= 4 is 11.7 Å². The fourth-order valence-corrected chi connectivity index (χ4v) is 2.48. The summed E-state index contributed by atoms with van der Waals surface area (Å²) in [5.74, 6) is 0. The van der Waals surface area contributed by atoms with Gasteiger partial charge in [-0.2, -0.15) is 5.26 Å². The van der Waals surface area contributed by atoms with Gasteiger partial charge >= 0.3 is 6.03 Å².